The summed E-state index contributed by atoms with van der Waals surface area (Å²) < 4.78 is 44.2. The first kappa shape index (κ1) is 34.6. The van der Waals surface area contributed by atoms with Gasteiger partial charge in [0.05, 0.1) is 29.1 Å². The Kier molecular flexibility index (Phi) is 8.81. The zero-order chi connectivity index (χ0) is 47.7. The maximum Gasteiger partial charge on any atom is 0.149 e. The number of aromatic nitrogens is 3. The van der Waals surface area contributed by atoms with Crippen LogP contribution in [0.5, 0.6) is 5.75 Å². The van der Waals surface area contributed by atoms with Gasteiger partial charge in [-0.3, -0.25) is 9.55 Å². The zero-order valence-corrected chi connectivity index (χ0v) is 36.6. The molecule has 0 aliphatic heterocycles. The van der Waals surface area contributed by atoms with Crippen LogP contribution < -0.4 is 0 Å². The highest BCUT2D eigenvalue weighted by Gasteiger charge is 2.29. The molecule has 0 aliphatic rings. The van der Waals surface area contributed by atoms with Gasteiger partial charge in [-0.15, -0.1) is 0 Å². The maximum absolute atomic E-state index is 12.4. The standard InChI is InChI=1S/C58H53N3O/c1-37-36-59-53(38(2)52(37)42-23-16-11-17-24-42)45-32-43(40-21-14-10-15-22-40)31-44(33-45)48-25-18-26-51-54(48)60-56(49-34-46(57(3,4)5)35-50(55(49)62)58(6,7)8)61(51)47-29-27-41(28-30-47)39-19-12-9-13-20-39/h9-36,62H,1-8H3/i9D,12D,13D,19D,20D. The Morgan fingerprint density at radius 3 is 1.85 bits per heavy atom. The van der Waals surface area contributed by atoms with Crippen LogP contribution in [0.4, 0.5) is 0 Å². The molecule has 62 heavy (non-hydrogen) atoms. The van der Waals surface area contributed by atoms with Crippen molar-refractivity contribution in [2.24, 2.45) is 0 Å². The van der Waals surface area contributed by atoms with E-state index in [1.54, 1.807) is 12.1 Å². The minimum Gasteiger partial charge on any atom is -0.507 e. The number of phenols is 1. The lowest BCUT2D eigenvalue weighted by atomic mass is 9.79. The fourth-order valence-corrected chi connectivity index (χ4v) is 8.55. The summed E-state index contributed by atoms with van der Waals surface area (Å²) in [5.41, 5.74) is 14.9. The molecule has 7 aromatic carbocycles. The molecule has 1 N–H and O–H groups in total. The molecule has 0 saturated heterocycles. The number of aryl methyl sites for hydroxylation is 1. The van der Waals surface area contributed by atoms with E-state index in [0.717, 1.165) is 83.6 Å². The minimum absolute atomic E-state index is 0.129. The van der Waals surface area contributed by atoms with Crippen molar-refractivity contribution >= 4 is 11.0 Å². The number of pyridine rings is 1. The van der Waals surface area contributed by atoms with Gasteiger partial charge in [-0.2, -0.15) is 0 Å². The molecule has 0 aliphatic carbocycles. The predicted octanol–water partition coefficient (Wildman–Crippen LogP) is 15.3. The third-order valence-corrected chi connectivity index (χ3v) is 11.8. The lowest BCUT2D eigenvalue weighted by Crippen LogP contribution is -2.17. The average molecular weight is 813 g/mol. The molecule has 2 aromatic heterocycles. The molecule has 9 rings (SSSR count). The Labute approximate surface area is 373 Å². The topological polar surface area (TPSA) is 50.9 Å². The van der Waals surface area contributed by atoms with Crippen LogP contribution in [0.2, 0.25) is 0 Å². The van der Waals surface area contributed by atoms with Crippen LogP contribution in [0.25, 0.3) is 83.9 Å². The van der Waals surface area contributed by atoms with Crippen molar-refractivity contribution in [1.29, 1.82) is 0 Å². The predicted molar refractivity (Wildman–Crippen MR) is 260 cm³/mol. The Morgan fingerprint density at radius 2 is 1.19 bits per heavy atom. The third kappa shape index (κ3) is 7.51. The molecule has 0 saturated carbocycles. The molecule has 2 heterocycles. The molecule has 4 nitrogen and oxygen atoms in total. The molecule has 306 valence electrons. The summed E-state index contributed by atoms with van der Waals surface area (Å²) in [7, 11) is 0. The van der Waals surface area contributed by atoms with Gasteiger partial charge >= 0.3 is 0 Å². The summed E-state index contributed by atoms with van der Waals surface area (Å²) in [4.78, 5) is 10.6. The molecule has 0 amide bonds. The highest BCUT2D eigenvalue weighted by atomic mass is 16.3. The van der Waals surface area contributed by atoms with Crippen LogP contribution >= 0.6 is 0 Å². The van der Waals surface area contributed by atoms with E-state index >= 15 is 0 Å². The van der Waals surface area contributed by atoms with E-state index in [0.29, 0.717) is 17.0 Å². The van der Waals surface area contributed by atoms with Gasteiger partial charge in [-0.25, -0.2) is 4.98 Å². The van der Waals surface area contributed by atoms with E-state index in [4.69, 9.17) is 16.8 Å². The van der Waals surface area contributed by atoms with E-state index in [1.165, 1.54) is 0 Å². The highest BCUT2D eigenvalue weighted by Crippen LogP contribution is 2.45. The number of hydrogen-bond acceptors (Lipinski definition) is 3. The summed E-state index contributed by atoms with van der Waals surface area (Å²) >= 11 is 0. The van der Waals surface area contributed by atoms with Crippen molar-refractivity contribution in [2.45, 2.75) is 66.2 Å². The molecule has 0 fully saturated rings. The average Bonchev–Trinajstić information content (AvgIpc) is 3.70. The van der Waals surface area contributed by atoms with Gasteiger partial charge in [0.1, 0.15) is 11.6 Å². The lowest BCUT2D eigenvalue weighted by molar-refractivity contribution is 0.446. The van der Waals surface area contributed by atoms with E-state index < -0.39 is 11.5 Å². The number of hydrogen-bond donors (Lipinski definition) is 1. The molecular weight excluding hydrogens is 755 g/mol. The van der Waals surface area contributed by atoms with Crippen LogP contribution in [0.1, 0.15) is 70.7 Å². The van der Waals surface area contributed by atoms with Crippen LogP contribution in [-0.4, -0.2) is 19.6 Å². The molecule has 0 bridgehead atoms. The number of benzene rings is 7. The molecule has 0 unspecified atom stereocenters. The van der Waals surface area contributed by atoms with Crippen molar-refractivity contribution in [3.05, 3.63) is 192 Å². The second-order valence-electron chi connectivity index (χ2n) is 18.2. The van der Waals surface area contributed by atoms with E-state index in [2.05, 4.69) is 127 Å². The third-order valence-electron chi connectivity index (χ3n) is 11.8. The van der Waals surface area contributed by atoms with Crippen molar-refractivity contribution in [1.82, 2.24) is 14.5 Å². The van der Waals surface area contributed by atoms with Crippen molar-refractivity contribution in [3.8, 4) is 78.6 Å². The van der Waals surface area contributed by atoms with Gasteiger partial charge in [-0.1, -0.05) is 163 Å². The van der Waals surface area contributed by atoms with E-state index in [9.17, 15) is 5.11 Å². The fraction of sp³-hybridized carbons (Fsp3) is 0.172. The molecular formula is C58H53N3O. The van der Waals surface area contributed by atoms with Crippen molar-refractivity contribution in [3.63, 3.8) is 0 Å². The van der Waals surface area contributed by atoms with Crippen LogP contribution in [0, 0.1) is 13.8 Å². The van der Waals surface area contributed by atoms with Crippen LogP contribution in [0.3, 0.4) is 0 Å². The fourth-order valence-electron chi connectivity index (χ4n) is 8.55. The smallest absolute Gasteiger partial charge is 0.149 e. The second kappa shape index (κ2) is 15.8. The normalized spacial score (nSPS) is 13.1. The first-order valence-corrected chi connectivity index (χ1v) is 21.1. The summed E-state index contributed by atoms with van der Waals surface area (Å²) in [6.45, 7) is 17.0. The Morgan fingerprint density at radius 1 is 0.565 bits per heavy atom. The van der Waals surface area contributed by atoms with Gasteiger partial charge in [0.25, 0.3) is 0 Å². The van der Waals surface area contributed by atoms with Gasteiger partial charge in [0.2, 0.25) is 0 Å². The van der Waals surface area contributed by atoms with Crippen molar-refractivity contribution < 1.29 is 12.0 Å². The number of imidazole rings is 1. The molecule has 4 heteroatoms. The first-order valence-electron chi connectivity index (χ1n) is 23.6. The number of aromatic hydroxyl groups is 1. The van der Waals surface area contributed by atoms with E-state index in [-0.39, 0.29) is 40.9 Å². The number of phenolic OH excluding ortho intramolecular Hbond substituents is 1. The lowest BCUT2D eigenvalue weighted by Gasteiger charge is -2.27. The SMILES string of the molecule is [2H]c1c([2H])c([2H])c(-c2ccc(-n3c(-c4cc(C(C)(C)C)cc(C(C)(C)C)c4O)nc4c(-c5cc(-c6ccccc6)cc(-c6ncc(C)c(-c7ccccc7)c6C)c5)cccc43)cc2)c([2H])c1[2H]. The Bertz CT molecular complexity index is 3350. The number of rotatable bonds is 7. The summed E-state index contributed by atoms with van der Waals surface area (Å²) in [6, 6.07) is 43.3. The number of nitrogens with zero attached hydrogens (tertiary/aromatic N) is 3. The van der Waals surface area contributed by atoms with Crippen LogP contribution in [0.15, 0.2) is 170 Å². The number of fused-ring (bicyclic) bond motifs is 1. The number of para-hydroxylation sites is 1. The van der Waals surface area contributed by atoms with Crippen molar-refractivity contribution in [2.75, 3.05) is 0 Å². The summed E-state index contributed by atoms with van der Waals surface area (Å²) in [5.74, 6) is 0.688. The zero-order valence-electron chi connectivity index (χ0n) is 41.6. The largest absolute Gasteiger partial charge is 0.507 e. The highest BCUT2D eigenvalue weighted by molar-refractivity contribution is 5.98. The van der Waals surface area contributed by atoms with Gasteiger partial charge in [-0.05, 0) is 123 Å². The van der Waals surface area contributed by atoms with Gasteiger partial charge in [0.15, 0.2) is 0 Å². The molecule has 0 spiro atoms. The summed E-state index contributed by atoms with van der Waals surface area (Å²) in [6.07, 6.45) is 1.96. The van der Waals surface area contributed by atoms with Crippen LogP contribution in [-0.2, 0) is 10.8 Å². The maximum atomic E-state index is 12.4. The molecule has 9 aromatic rings. The van der Waals surface area contributed by atoms with Gasteiger partial charge in [0, 0.05) is 28.6 Å². The van der Waals surface area contributed by atoms with Gasteiger partial charge < -0.3 is 5.11 Å². The Balaban J connectivity index is 1.33. The summed E-state index contributed by atoms with van der Waals surface area (Å²) in [5, 5.41) is 12.4. The Hall–Kier alpha value is -7.04. The monoisotopic (exact) mass is 812 g/mol. The van der Waals surface area contributed by atoms with E-state index in [1.807, 2.05) is 60.8 Å². The first-order chi connectivity index (χ1) is 31.8. The molecule has 0 atom stereocenters. The second-order valence-corrected chi connectivity index (χ2v) is 18.2. The minimum atomic E-state index is -0.434. The quantitative estimate of drug-likeness (QED) is 0.174. The molecule has 0 radical (unpaired) electrons.